The lowest BCUT2D eigenvalue weighted by molar-refractivity contribution is 0.0915. The Morgan fingerprint density at radius 2 is 1.68 bits per heavy atom. The summed E-state index contributed by atoms with van der Waals surface area (Å²) in [6.07, 6.45) is 1.19. The van der Waals surface area contributed by atoms with E-state index in [1.54, 1.807) is 42.5 Å². The maximum atomic E-state index is 12.8. The molecule has 2 amide bonds. The van der Waals surface area contributed by atoms with Gasteiger partial charge >= 0.3 is 0 Å². The quantitative estimate of drug-likeness (QED) is 0.598. The van der Waals surface area contributed by atoms with Gasteiger partial charge in [-0.3, -0.25) is 19.7 Å². The third kappa shape index (κ3) is 4.56. The summed E-state index contributed by atoms with van der Waals surface area (Å²) in [4.78, 5) is 42.8. The van der Waals surface area contributed by atoms with E-state index in [2.05, 4.69) is 15.6 Å². The van der Waals surface area contributed by atoms with Crippen molar-refractivity contribution in [2.24, 2.45) is 5.41 Å². The highest BCUT2D eigenvalue weighted by Gasteiger charge is 2.34. The highest BCUT2D eigenvalue weighted by atomic mass is 32.1. The molecule has 2 N–H and O–H groups in total. The molecule has 3 aromatic rings. The molecule has 7 heteroatoms. The number of amides is 2. The number of benzene rings is 2. The molecule has 0 unspecified atom stereocenters. The molecule has 0 atom stereocenters. The van der Waals surface area contributed by atoms with Crippen LogP contribution in [0.15, 0.2) is 48.5 Å². The predicted molar refractivity (Wildman–Crippen MR) is 122 cm³/mol. The largest absolute Gasteiger partial charge is 0.322 e. The Morgan fingerprint density at radius 3 is 2.42 bits per heavy atom. The van der Waals surface area contributed by atoms with Crippen LogP contribution in [0.4, 0.5) is 10.8 Å². The monoisotopic (exact) mass is 433 g/mol. The van der Waals surface area contributed by atoms with Crippen LogP contribution in [0.3, 0.4) is 0 Å². The first-order valence-electron chi connectivity index (χ1n) is 10.0. The number of nitrogens with zero attached hydrogens (tertiary/aromatic N) is 1. The second-order valence-corrected chi connectivity index (χ2v) is 9.54. The summed E-state index contributed by atoms with van der Waals surface area (Å²) in [6, 6.07) is 14.0. The molecule has 0 radical (unpaired) electrons. The SMILES string of the molecule is Cc1ccc(C(=O)Nc2nc3c(s2)C(=O)CC(C)(C)C3)cc1NC(=O)c1ccccc1. The zero-order valence-electron chi connectivity index (χ0n) is 17.6. The van der Waals surface area contributed by atoms with Gasteiger partial charge in [0.25, 0.3) is 11.8 Å². The van der Waals surface area contributed by atoms with Gasteiger partial charge < -0.3 is 5.32 Å². The number of nitrogens with one attached hydrogen (secondary N) is 2. The number of hydrogen-bond acceptors (Lipinski definition) is 5. The average molecular weight is 434 g/mol. The third-order valence-electron chi connectivity index (χ3n) is 5.24. The van der Waals surface area contributed by atoms with Crippen molar-refractivity contribution in [1.82, 2.24) is 4.98 Å². The molecule has 1 aliphatic rings. The standard InChI is InChI=1S/C24H23N3O3S/c1-14-9-10-16(11-17(14)25-21(29)15-7-5-4-6-8-15)22(30)27-23-26-18-12-24(2,3)13-19(28)20(18)31-23/h4-11H,12-13H2,1-3H3,(H,25,29)(H,26,27,30). The van der Waals surface area contributed by atoms with Crippen LogP contribution in [0.25, 0.3) is 0 Å². The highest BCUT2D eigenvalue weighted by Crippen LogP contribution is 2.38. The molecular weight excluding hydrogens is 410 g/mol. The van der Waals surface area contributed by atoms with Crippen LogP contribution in [0.5, 0.6) is 0 Å². The number of anilines is 2. The van der Waals surface area contributed by atoms with Gasteiger partial charge in [0.2, 0.25) is 0 Å². The van der Waals surface area contributed by atoms with Gasteiger partial charge in [-0.15, -0.1) is 0 Å². The molecule has 0 bridgehead atoms. The smallest absolute Gasteiger partial charge is 0.257 e. The van der Waals surface area contributed by atoms with Crippen molar-refractivity contribution in [1.29, 1.82) is 0 Å². The number of rotatable bonds is 4. The fourth-order valence-corrected chi connectivity index (χ4v) is 4.54. The van der Waals surface area contributed by atoms with E-state index < -0.39 is 0 Å². The summed E-state index contributed by atoms with van der Waals surface area (Å²) in [6.45, 7) is 5.95. The lowest BCUT2D eigenvalue weighted by Gasteiger charge is -2.26. The van der Waals surface area contributed by atoms with Crippen molar-refractivity contribution in [3.63, 3.8) is 0 Å². The van der Waals surface area contributed by atoms with Gasteiger partial charge in [-0.1, -0.05) is 49.4 Å². The lowest BCUT2D eigenvalue weighted by atomic mass is 9.78. The van der Waals surface area contributed by atoms with E-state index in [1.165, 1.54) is 11.3 Å². The first-order valence-corrected chi connectivity index (χ1v) is 10.8. The van der Waals surface area contributed by atoms with E-state index in [-0.39, 0.29) is 23.0 Å². The number of carbonyl (C=O) groups is 3. The Morgan fingerprint density at radius 1 is 0.968 bits per heavy atom. The number of carbonyl (C=O) groups excluding carboxylic acids is 3. The summed E-state index contributed by atoms with van der Waals surface area (Å²) in [5.41, 5.74) is 2.98. The molecule has 0 saturated heterocycles. The molecule has 1 heterocycles. The summed E-state index contributed by atoms with van der Waals surface area (Å²) in [5.74, 6) is -0.506. The molecule has 1 aromatic heterocycles. The maximum Gasteiger partial charge on any atom is 0.257 e. The van der Waals surface area contributed by atoms with Gasteiger partial charge in [0, 0.05) is 23.2 Å². The number of aryl methyl sites for hydroxylation is 1. The summed E-state index contributed by atoms with van der Waals surface area (Å²) in [5, 5.41) is 6.08. The second-order valence-electron chi connectivity index (χ2n) is 8.54. The van der Waals surface area contributed by atoms with Crippen molar-refractivity contribution in [3.8, 4) is 0 Å². The van der Waals surface area contributed by atoms with Gasteiger partial charge in [-0.05, 0) is 48.6 Å². The van der Waals surface area contributed by atoms with E-state index in [9.17, 15) is 14.4 Å². The zero-order valence-corrected chi connectivity index (χ0v) is 18.4. The minimum absolute atomic E-state index is 0.0745. The van der Waals surface area contributed by atoms with Crippen LogP contribution in [0, 0.1) is 12.3 Å². The van der Waals surface area contributed by atoms with Crippen LogP contribution < -0.4 is 10.6 Å². The number of ketones is 1. The van der Waals surface area contributed by atoms with Crippen molar-refractivity contribution < 1.29 is 14.4 Å². The Labute approximate surface area is 184 Å². The Bertz CT molecular complexity index is 1180. The van der Waals surface area contributed by atoms with Crippen molar-refractivity contribution in [3.05, 3.63) is 75.8 Å². The molecule has 1 aliphatic carbocycles. The van der Waals surface area contributed by atoms with E-state index in [0.29, 0.717) is 39.7 Å². The fraction of sp³-hybridized carbons (Fsp3) is 0.250. The van der Waals surface area contributed by atoms with Gasteiger partial charge in [0.05, 0.1) is 10.6 Å². The number of hydrogen-bond donors (Lipinski definition) is 2. The number of Topliss-reactive ketones (excluding diaryl/α,β-unsaturated/α-hetero) is 1. The fourth-order valence-electron chi connectivity index (χ4n) is 3.62. The van der Waals surface area contributed by atoms with Crippen molar-refractivity contribution in [2.75, 3.05) is 10.6 Å². The van der Waals surface area contributed by atoms with Crippen LogP contribution >= 0.6 is 11.3 Å². The third-order valence-corrected chi connectivity index (χ3v) is 6.29. The van der Waals surface area contributed by atoms with Crippen LogP contribution in [0.2, 0.25) is 0 Å². The van der Waals surface area contributed by atoms with Gasteiger partial charge in [-0.2, -0.15) is 0 Å². The van der Waals surface area contributed by atoms with Crippen molar-refractivity contribution >= 4 is 39.8 Å². The molecule has 0 fully saturated rings. The number of fused-ring (bicyclic) bond motifs is 1. The lowest BCUT2D eigenvalue weighted by Crippen LogP contribution is -2.26. The molecule has 0 aliphatic heterocycles. The van der Waals surface area contributed by atoms with Crippen LogP contribution in [0.1, 0.15) is 61.9 Å². The van der Waals surface area contributed by atoms with Gasteiger partial charge in [0.15, 0.2) is 10.9 Å². The molecule has 6 nitrogen and oxygen atoms in total. The Balaban J connectivity index is 1.52. The van der Waals surface area contributed by atoms with E-state index >= 15 is 0 Å². The van der Waals surface area contributed by atoms with Crippen LogP contribution in [-0.2, 0) is 6.42 Å². The zero-order chi connectivity index (χ0) is 22.2. The number of thiazole rings is 1. The van der Waals surface area contributed by atoms with E-state index in [1.807, 2.05) is 26.8 Å². The van der Waals surface area contributed by atoms with E-state index in [4.69, 9.17) is 0 Å². The topological polar surface area (TPSA) is 88.2 Å². The van der Waals surface area contributed by atoms with Gasteiger partial charge in [0.1, 0.15) is 0 Å². The number of aromatic nitrogens is 1. The normalized spacial score (nSPS) is 14.6. The minimum atomic E-state index is -0.340. The molecule has 2 aromatic carbocycles. The first-order chi connectivity index (χ1) is 14.7. The maximum absolute atomic E-state index is 12.8. The molecule has 31 heavy (non-hydrogen) atoms. The molecular formula is C24H23N3O3S. The summed E-state index contributed by atoms with van der Waals surface area (Å²) >= 11 is 1.22. The molecule has 0 spiro atoms. The Kier molecular flexibility index (Phi) is 5.45. The first kappa shape index (κ1) is 20.9. The minimum Gasteiger partial charge on any atom is -0.322 e. The predicted octanol–water partition coefficient (Wildman–Crippen LogP) is 5.11. The highest BCUT2D eigenvalue weighted by molar-refractivity contribution is 7.17. The summed E-state index contributed by atoms with van der Waals surface area (Å²) < 4.78 is 0. The van der Waals surface area contributed by atoms with E-state index in [0.717, 1.165) is 11.3 Å². The van der Waals surface area contributed by atoms with Crippen molar-refractivity contribution in [2.45, 2.75) is 33.6 Å². The summed E-state index contributed by atoms with van der Waals surface area (Å²) in [7, 11) is 0. The van der Waals surface area contributed by atoms with Gasteiger partial charge in [-0.25, -0.2) is 4.98 Å². The molecule has 0 saturated carbocycles. The average Bonchev–Trinajstić information content (AvgIpc) is 3.11. The van der Waals surface area contributed by atoms with Crippen LogP contribution in [-0.4, -0.2) is 22.6 Å². The Hall–Kier alpha value is -3.32. The molecule has 158 valence electrons. The second kappa shape index (κ2) is 8.07. The molecule has 4 rings (SSSR count).